The van der Waals surface area contributed by atoms with Crippen molar-refractivity contribution < 1.29 is 33.3 Å². The van der Waals surface area contributed by atoms with Gasteiger partial charge in [0.1, 0.15) is 18.3 Å². The Kier molecular flexibility index (Phi) is 9.09. The van der Waals surface area contributed by atoms with E-state index in [0.29, 0.717) is 53.5 Å². The quantitative estimate of drug-likeness (QED) is 0.304. The maximum Gasteiger partial charge on any atom is 0.336 e. The number of ketones is 1. The Labute approximate surface area is 206 Å². The van der Waals surface area contributed by atoms with Gasteiger partial charge in [-0.3, -0.25) is 9.59 Å². The summed E-state index contributed by atoms with van der Waals surface area (Å²) in [6.45, 7) is 8.91. The van der Waals surface area contributed by atoms with Crippen LogP contribution in [-0.2, 0) is 28.6 Å². The van der Waals surface area contributed by atoms with Gasteiger partial charge in [0, 0.05) is 29.1 Å². The number of dihydropyridines is 1. The number of hydrogen-bond acceptors (Lipinski definition) is 8. The highest BCUT2D eigenvalue weighted by molar-refractivity contribution is 6.12. The first-order chi connectivity index (χ1) is 16.8. The molecule has 1 heterocycles. The molecule has 1 aliphatic heterocycles. The van der Waals surface area contributed by atoms with E-state index in [-0.39, 0.29) is 24.9 Å². The van der Waals surface area contributed by atoms with E-state index < -0.39 is 23.8 Å². The van der Waals surface area contributed by atoms with Crippen molar-refractivity contribution in [2.45, 2.75) is 46.5 Å². The molecule has 3 atom stereocenters. The van der Waals surface area contributed by atoms with Gasteiger partial charge in [0.2, 0.25) is 0 Å². The van der Waals surface area contributed by atoms with Gasteiger partial charge in [0.25, 0.3) is 0 Å². The Morgan fingerprint density at radius 2 is 1.86 bits per heavy atom. The summed E-state index contributed by atoms with van der Waals surface area (Å²) >= 11 is 0. The molecule has 0 fully saturated rings. The lowest BCUT2D eigenvalue weighted by Gasteiger charge is -2.38. The van der Waals surface area contributed by atoms with Gasteiger partial charge in [-0.15, -0.1) is 0 Å². The van der Waals surface area contributed by atoms with Crippen LogP contribution in [0.25, 0.3) is 0 Å². The molecule has 3 rings (SSSR count). The summed E-state index contributed by atoms with van der Waals surface area (Å²) in [7, 11) is 1.28. The fourth-order valence-electron chi connectivity index (χ4n) is 4.79. The van der Waals surface area contributed by atoms with E-state index in [1.54, 1.807) is 6.92 Å². The molecule has 0 aromatic heterocycles. The number of methoxy groups -OCH3 is 1. The minimum atomic E-state index is -0.944. The number of nitrogens with one attached hydrogen (secondary N) is 1. The number of hydrogen-bond donors (Lipinski definition) is 1. The molecule has 2 aliphatic rings. The average Bonchev–Trinajstić information content (AvgIpc) is 2.83. The van der Waals surface area contributed by atoms with Crippen molar-refractivity contribution in [1.29, 1.82) is 0 Å². The number of Topliss-reactive ketones (excluding diaryl/α,β-unsaturated/α-hetero) is 1. The predicted molar refractivity (Wildman–Crippen MR) is 130 cm³/mol. The highest BCUT2D eigenvalue weighted by Gasteiger charge is 2.47. The molecule has 1 aromatic rings. The van der Waals surface area contributed by atoms with E-state index >= 15 is 0 Å². The fraction of sp³-hybridized carbons (Fsp3) is 0.519. The van der Waals surface area contributed by atoms with Crippen molar-refractivity contribution in [3.8, 4) is 5.75 Å². The van der Waals surface area contributed by atoms with Gasteiger partial charge in [0.05, 0.1) is 31.8 Å². The third-order valence-corrected chi connectivity index (χ3v) is 6.30. The van der Waals surface area contributed by atoms with Gasteiger partial charge in [-0.1, -0.05) is 32.0 Å². The summed E-state index contributed by atoms with van der Waals surface area (Å²) in [4.78, 5) is 39.7. The Morgan fingerprint density at radius 3 is 2.54 bits per heavy atom. The second kappa shape index (κ2) is 12.0. The second-order valence-electron chi connectivity index (χ2n) is 8.75. The summed E-state index contributed by atoms with van der Waals surface area (Å²) in [5.41, 5.74) is 2.68. The summed E-state index contributed by atoms with van der Waals surface area (Å²) in [5.74, 6) is -2.84. The largest absolute Gasteiger partial charge is 0.494 e. The molecule has 0 unspecified atom stereocenters. The molecule has 1 aromatic carbocycles. The Balaban J connectivity index is 2.08. The number of carbonyl (C=O) groups excluding carboxylic acids is 3. The topological polar surface area (TPSA) is 100 Å². The van der Waals surface area contributed by atoms with Crippen molar-refractivity contribution in [2.75, 3.05) is 33.5 Å². The molecule has 0 amide bonds. The molecule has 1 N–H and O–H groups in total. The van der Waals surface area contributed by atoms with Crippen molar-refractivity contribution in [3.63, 3.8) is 0 Å². The lowest BCUT2D eigenvalue weighted by molar-refractivity contribution is -0.151. The average molecular weight is 486 g/mol. The van der Waals surface area contributed by atoms with Gasteiger partial charge in [0.15, 0.2) is 5.78 Å². The molecule has 0 spiro atoms. The van der Waals surface area contributed by atoms with E-state index in [1.165, 1.54) is 7.11 Å². The summed E-state index contributed by atoms with van der Waals surface area (Å²) in [6.07, 6.45) is 1.34. The van der Waals surface area contributed by atoms with E-state index in [1.807, 2.05) is 45.0 Å². The SMILES string of the molecule is CCCOCCOC(=O)C1=C(C)NC2=C(C(=O)[C@H](C(=O)OC)[C@H](C)C2)[C@@H]1c1ccccc1OCC. The molecule has 0 saturated heterocycles. The Bertz CT molecular complexity index is 1030. The fourth-order valence-corrected chi connectivity index (χ4v) is 4.79. The summed E-state index contributed by atoms with van der Waals surface area (Å²) in [5, 5.41) is 3.26. The monoisotopic (exact) mass is 485 g/mol. The normalized spacial score (nSPS) is 21.9. The number of carbonyl (C=O) groups is 3. The minimum Gasteiger partial charge on any atom is -0.494 e. The van der Waals surface area contributed by atoms with Gasteiger partial charge < -0.3 is 24.3 Å². The van der Waals surface area contributed by atoms with Crippen LogP contribution < -0.4 is 10.1 Å². The smallest absolute Gasteiger partial charge is 0.336 e. The lowest BCUT2D eigenvalue weighted by Crippen LogP contribution is -2.43. The number of esters is 2. The molecule has 0 saturated carbocycles. The van der Waals surface area contributed by atoms with Crippen molar-refractivity contribution in [3.05, 3.63) is 52.4 Å². The zero-order valence-electron chi connectivity index (χ0n) is 21.1. The maximum absolute atomic E-state index is 13.8. The number of ether oxygens (including phenoxy) is 4. The van der Waals surface area contributed by atoms with E-state index in [0.717, 1.165) is 6.42 Å². The van der Waals surface area contributed by atoms with Crippen LogP contribution >= 0.6 is 0 Å². The second-order valence-corrected chi connectivity index (χ2v) is 8.75. The van der Waals surface area contributed by atoms with E-state index in [9.17, 15) is 14.4 Å². The van der Waals surface area contributed by atoms with Gasteiger partial charge in [-0.2, -0.15) is 0 Å². The zero-order valence-corrected chi connectivity index (χ0v) is 21.1. The Morgan fingerprint density at radius 1 is 1.11 bits per heavy atom. The van der Waals surface area contributed by atoms with Gasteiger partial charge in [-0.05, 0) is 38.7 Å². The van der Waals surface area contributed by atoms with Crippen LogP contribution in [0.3, 0.4) is 0 Å². The van der Waals surface area contributed by atoms with Crippen LogP contribution in [0.5, 0.6) is 5.75 Å². The summed E-state index contributed by atoms with van der Waals surface area (Å²) in [6, 6.07) is 7.33. The van der Waals surface area contributed by atoms with Crippen LogP contribution in [0.4, 0.5) is 0 Å². The first-order valence-electron chi connectivity index (χ1n) is 12.1. The number of para-hydroxylation sites is 1. The van der Waals surface area contributed by atoms with Crippen LogP contribution in [0.1, 0.15) is 52.0 Å². The Hall–Kier alpha value is -3.13. The molecule has 8 heteroatoms. The highest BCUT2D eigenvalue weighted by atomic mass is 16.6. The van der Waals surface area contributed by atoms with Crippen LogP contribution in [0, 0.1) is 11.8 Å². The molecule has 1 aliphatic carbocycles. The molecule has 8 nitrogen and oxygen atoms in total. The zero-order chi connectivity index (χ0) is 25.5. The standard InChI is InChI=1S/C27H35NO7/c1-6-12-33-13-14-35-27(31)22-17(4)28-19-15-16(3)21(26(30)32-5)25(29)24(19)23(22)18-10-8-9-11-20(18)34-7-2/h8-11,16,21,23,28H,6-7,12-15H2,1-5H3/t16-,21-,23-/m1/s1. The van der Waals surface area contributed by atoms with Crippen LogP contribution in [0.2, 0.25) is 0 Å². The van der Waals surface area contributed by atoms with E-state index in [2.05, 4.69) is 5.32 Å². The minimum absolute atomic E-state index is 0.0944. The molecule has 0 radical (unpaired) electrons. The molecule has 190 valence electrons. The van der Waals surface area contributed by atoms with Crippen molar-refractivity contribution in [2.24, 2.45) is 11.8 Å². The predicted octanol–water partition coefficient (Wildman–Crippen LogP) is 3.67. The molecular formula is C27H35NO7. The first kappa shape index (κ1) is 26.5. The molecule has 0 bridgehead atoms. The highest BCUT2D eigenvalue weighted by Crippen LogP contribution is 2.47. The van der Waals surface area contributed by atoms with Crippen LogP contribution in [0.15, 0.2) is 46.8 Å². The van der Waals surface area contributed by atoms with Crippen molar-refractivity contribution >= 4 is 17.7 Å². The first-order valence-corrected chi connectivity index (χ1v) is 12.1. The van der Waals surface area contributed by atoms with Crippen molar-refractivity contribution in [1.82, 2.24) is 5.32 Å². The number of benzene rings is 1. The van der Waals surface area contributed by atoms with E-state index in [4.69, 9.17) is 18.9 Å². The van der Waals surface area contributed by atoms with Gasteiger partial charge in [-0.25, -0.2) is 4.79 Å². The third-order valence-electron chi connectivity index (χ3n) is 6.30. The van der Waals surface area contributed by atoms with Gasteiger partial charge >= 0.3 is 11.9 Å². The molecular weight excluding hydrogens is 450 g/mol. The number of rotatable bonds is 10. The lowest BCUT2D eigenvalue weighted by atomic mass is 9.69. The third kappa shape index (κ3) is 5.59. The number of allylic oxidation sites excluding steroid dienone is 3. The summed E-state index contributed by atoms with van der Waals surface area (Å²) < 4.78 is 21.8. The maximum atomic E-state index is 13.8. The van der Waals surface area contributed by atoms with Crippen LogP contribution in [-0.4, -0.2) is 51.3 Å². The molecule has 35 heavy (non-hydrogen) atoms.